The van der Waals surface area contributed by atoms with Crippen LogP contribution in [-0.4, -0.2) is 0 Å². The fraction of sp³-hybridized carbons (Fsp3) is 0.0877. The van der Waals surface area contributed by atoms with E-state index in [1.807, 2.05) is 23.5 Å². The number of hydrogen-bond acceptors (Lipinski definition) is 4. The number of benzene rings is 8. The standard InChI is InChI=1S/C57H40N2S2/c1-2-14-40-36-57(35-39(40)13-1)46-33-37(28-31-43(46)44-32-30-41(34-47(44)57)58-49-18-3-7-23-53(49)60-54-24-8-4-19-50(54)58)27-29-38-15-11-17-45-42(38)16-12-22-48(45)59-51-20-5-9-25-55(51)61-56-26-10-6-21-52(56)59/h1-10,12-14,16-34H,11,15,35-36H2/b29-27+. The van der Waals surface area contributed by atoms with Gasteiger partial charge in [0.25, 0.3) is 0 Å². The first-order valence-electron chi connectivity index (χ1n) is 21.4. The zero-order valence-corrected chi connectivity index (χ0v) is 35.1. The molecule has 290 valence electrons. The first-order chi connectivity index (χ1) is 30.2. The topological polar surface area (TPSA) is 6.48 Å². The lowest BCUT2D eigenvalue weighted by molar-refractivity contribution is 0.563. The summed E-state index contributed by atoms with van der Waals surface area (Å²) in [6.45, 7) is 0. The van der Waals surface area contributed by atoms with Crippen molar-refractivity contribution in [1.29, 1.82) is 0 Å². The number of anilines is 6. The molecule has 13 rings (SSSR count). The number of allylic oxidation sites excluding steroid dienone is 1. The molecule has 0 unspecified atom stereocenters. The molecule has 0 radical (unpaired) electrons. The maximum absolute atomic E-state index is 2.53. The summed E-state index contributed by atoms with van der Waals surface area (Å²) in [5.74, 6) is 0. The summed E-state index contributed by atoms with van der Waals surface area (Å²) in [6.07, 6.45) is 11.3. The van der Waals surface area contributed by atoms with E-state index in [0.29, 0.717) is 0 Å². The van der Waals surface area contributed by atoms with E-state index in [2.05, 4.69) is 204 Å². The summed E-state index contributed by atoms with van der Waals surface area (Å²) in [6, 6.07) is 65.9. The average Bonchev–Trinajstić information content (AvgIpc) is 3.83. The normalized spacial score (nSPS) is 15.9. The van der Waals surface area contributed by atoms with Gasteiger partial charge in [-0.25, -0.2) is 0 Å². The van der Waals surface area contributed by atoms with Crippen molar-refractivity contribution in [2.75, 3.05) is 9.80 Å². The lowest BCUT2D eigenvalue weighted by Crippen LogP contribution is -2.34. The van der Waals surface area contributed by atoms with Gasteiger partial charge in [0.2, 0.25) is 0 Å². The van der Waals surface area contributed by atoms with Gasteiger partial charge in [0.15, 0.2) is 0 Å². The van der Waals surface area contributed by atoms with Crippen molar-refractivity contribution in [2.45, 2.75) is 50.7 Å². The van der Waals surface area contributed by atoms with Crippen molar-refractivity contribution in [3.8, 4) is 11.1 Å². The molecule has 0 bridgehead atoms. The van der Waals surface area contributed by atoms with Crippen LogP contribution in [0.15, 0.2) is 202 Å². The zero-order chi connectivity index (χ0) is 40.1. The highest BCUT2D eigenvalue weighted by Gasteiger charge is 2.47. The predicted molar refractivity (Wildman–Crippen MR) is 256 cm³/mol. The molecule has 8 aromatic carbocycles. The van der Waals surface area contributed by atoms with Gasteiger partial charge in [-0.05, 0) is 142 Å². The molecule has 1 spiro atoms. The molecule has 4 heteroatoms. The SMILES string of the molecule is C1=c2c(N3c4ccccc4Sc4ccccc43)cccc2=C(/C=C/c2ccc3c(c2)C2(Cc4ccccc4C2)c2cc(N4c5ccccc5Sc5ccccc54)ccc2-3)CC1. The van der Waals surface area contributed by atoms with Gasteiger partial charge in [0.05, 0.1) is 28.4 Å². The third-order valence-electron chi connectivity index (χ3n) is 13.5. The number of hydrogen-bond donors (Lipinski definition) is 0. The van der Waals surface area contributed by atoms with Crippen molar-refractivity contribution in [3.63, 3.8) is 0 Å². The molecular weight excluding hydrogens is 777 g/mol. The van der Waals surface area contributed by atoms with Gasteiger partial charge in [-0.3, -0.25) is 0 Å². The van der Waals surface area contributed by atoms with Gasteiger partial charge in [-0.2, -0.15) is 0 Å². The van der Waals surface area contributed by atoms with E-state index in [-0.39, 0.29) is 5.41 Å². The molecule has 0 N–H and O–H groups in total. The highest BCUT2D eigenvalue weighted by molar-refractivity contribution is 8.00. The van der Waals surface area contributed by atoms with Crippen LogP contribution < -0.4 is 20.2 Å². The van der Waals surface area contributed by atoms with Gasteiger partial charge in [0, 0.05) is 35.9 Å². The van der Waals surface area contributed by atoms with E-state index >= 15 is 0 Å². The Balaban J connectivity index is 0.916. The largest absolute Gasteiger partial charge is 0.308 e. The third kappa shape index (κ3) is 5.45. The van der Waals surface area contributed by atoms with Crippen LogP contribution in [0.1, 0.15) is 40.7 Å². The van der Waals surface area contributed by atoms with Crippen molar-refractivity contribution >= 4 is 75.4 Å². The third-order valence-corrected chi connectivity index (χ3v) is 15.8. The van der Waals surface area contributed by atoms with Gasteiger partial charge in [0.1, 0.15) is 0 Å². The van der Waals surface area contributed by atoms with Crippen molar-refractivity contribution in [2.24, 2.45) is 0 Å². The fourth-order valence-electron chi connectivity index (χ4n) is 10.8. The molecule has 0 saturated heterocycles. The van der Waals surface area contributed by atoms with Gasteiger partial charge >= 0.3 is 0 Å². The van der Waals surface area contributed by atoms with Crippen molar-refractivity contribution in [3.05, 3.63) is 220 Å². The quantitative estimate of drug-likeness (QED) is 0.174. The first kappa shape index (κ1) is 35.3. The molecule has 0 saturated carbocycles. The Labute approximate surface area is 365 Å². The smallest absolute Gasteiger partial charge is 0.0601 e. The second-order valence-corrected chi connectivity index (χ2v) is 19.0. The van der Waals surface area contributed by atoms with Crippen LogP contribution in [0.25, 0.3) is 28.9 Å². The molecule has 5 aliphatic rings. The van der Waals surface area contributed by atoms with Crippen LogP contribution in [-0.2, 0) is 18.3 Å². The van der Waals surface area contributed by atoms with Crippen LogP contribution in [0.5, 0.6) is 0 Å². The minimum absolute atomic E-state index is 0.133. The second-order valence-electron chi connectivity index (χ2n) is 16.8. The summed E-state index contributed by atoms with van der Waals surface area (Å²) in [7, 11) is 0. The molecule has 3 aliphatic carbocycles. The van der Waals surface area contributed by atoms with E-state index < -0.39 is 0 Å². The Morgan fingerprint density at radius 2 is 0.984 bits per heavy atom. The van der Waals surface area contributed by atoms with Crippen LogP contribution >= 0.6 is 23.5 Å². The summed E-state index contributed by atoms with van der Waals surface area (Å²) in [5.41, 5.74) is 18.5. The molecule has 0 amide bonds. The molecule has 0 fully saturated rings. The maximum Gasteiger partial charge on any atom is 0.0601 e. The lowest BCUT2D eigenvalue weighted by atomic mass is 9.75. The summed E-state index contributed by atoms with van der Waals surface area (Å²) in [5, 5.41) is 2.65. The Morgan fingerprint density at radius 3 is 1.61 bits per heavy atom. The van der Waals surface area contributed by atoms with Crippen LogP contribution in [0.4, 0.5) is 34.1 Å². The Bertz CT molecular complexity index is 3190. The van der Waals surface area contributed by atoms with Crippen LogP contribution in [0.2, 0.25) is 0 Å². The Morgan fingerprint density at radius 1 is 0.459 bits per heavy atom. The monoisotopic (exact) mass is 816 g/mol. The van der Waals surface area contributed by atoms with Crippen molar-refractivity contribution < 1.29 is 0 Å². The number of nitrogens with zero attached hydrogens (tertiary/aromatic N) is 2. The number of rotatable bonds is 4. The number of fused-ring (bicyclic) bond motifs is 11. The zero-order valence-electron chi connectivity index (χ0n) is 33.5. The van der Waals surface area contributed by atoms with E-state index in [0.717, 1.165) is 25.7 Å². The molecule has 8 aromatic rings. The minimum Gasteiger partial charge on any atom is -0.308 e. The fourth-order valence-corrected chi connectivity index (χ4v) is 12.9. The second kappa shape index (κ2) is 13.8. The summed E-state index contributed by atoms with van der Waals surface area (Å²) in [4.78, 5) is 10.1. The minimum atomic E-state index is -0.133. The van der Waals surface area contributed by atoms with E-state index in [1.165, 1.54) is 109 Å². The molecule has 61 heavy (non-hydrogen) atoms. The van der Waals surface area contributed by atoms with E-state index in [1.54, 1.807) is 0 Å². The van der Waals surface area contributed by atoms with Crippen LogP contribution in [0, 0.1) is 0 Å². The van der Waals surface area contributed by atoms with Gasteiger partial charge in [-0.15, -0.1) is 0 Å². The maximum atomic E-state index is 2.53. The predicted octanol–water partition coefficient (Wildman–Crippen LogP) is 14.1. The van der Waals surface area contributed by atoms with Gasteiger partial charge < -0.3 is 9.80 Å². The molecule has 0 aromatic heterocycles. The van der Waals surface area contributed by atoms with E-state index in [9.17, 15) is 0 Å². The van der Waals surface area contributed by atoms with Crippen LogP contribution in [0.3, 0.4) is 0 Å². The molecule has 2 aliphatic heterocycles. The van der Waals surface area contributed by atoms with Gasteiger partial charge in [-0.1, -0.05) is 151 Å². The van der Waals surface area contributed by atoms with Crippen molar-refractivity contribution in [1.82, 2.24) is 0 Å². The Hall–Kier alpha value is -6.46. The summed E-state index contributed by atoms with van der Waals surface area (Å²) < 4.78 is 0. The van der Waals surface area contributed by atoms with E-state index in [4.69, 9.17) is 0 Å². The average molecular weight is 817 g/mol. The lowest BCUT2D eigenvalue weighted by Gasteiger charge is -2.34. The highest BCUT2D eigenvalue weighted by atomic mass is 32.2. The molecule has 2 heterocycles. The Kier molecular flexibility index (Phi) is 7.98. The number of para-hydroxylation sites is 4. The summed E-state index contributed by atoms with van der Waals surface area (Å²) >= 11 is 3.73. The molecule has 2 nitrogen and oxygen atoms in total. The highest BCUT2D eigenvalue weighted by Crippen LogP contribution is 2.58. The first-order valence-corrected chi connectivity index (χ1v) is 23.0. The molecule has 0 atom stereocenters. The molecular formula is C57H40N2S2.